The standard InChI is InChI=1S/C11H12ClN3O/c1-16-11-4-2-3-10(9(11)5-13)15-7-8(12)6-14-15/h2-4,6-7H,5,13H2,1H3. The summed E-state index contributed by atoms with van der Waals surface area (Å²) in [5.41, 5.74) is 7.51. The highest BCUT2D eigenvalue weighted by molar-refractivity contribution is 6.30. The molecule has 0 atom stereocenters. The Bertz CT molecular complexity index is 496. The quantitative estimate of drug-likeness (QED) is 0.888. The van der Waals surface area contributed by atoms with Crippen LogP contribution in [0.4, 0.5) is 0 Å². The number of rotatable bonds is 3. The molecule has 2 rings (SSSR count). The van der Waals surface area contributed by atoms with Gasteiger partial charge in [-0.2, -0.15) is 5.10 Å². The summed E-state index contributed by atoms with van der Waals surface area (Å²) < 4.78 is 6.94. The summed E-state index contributed by atoms with van der Waals surface area (Å²) in [5.74, 6) is 0.756. The van der Waals surface area contributed by atoms with Crippen LogP contribution < -0.4 is 10.5 Å². The molecule has 0 amide bonds. The van der Waals surface area contributed by atoms with Gasteiger partial charge in [-0.1, -0.05) is 17.7 Å². The molecule has 16 heavy (non-hydrogen) atoms. The molecule has 0 aliphatic carbocycles. The van der Waals surface area contributed by atoms with Crippen LogP contribution in [0, 0.1) is 0 Å². The van der Waals surface area contributed by atoms with Crippen LogP contribution in [0.25, 0.3) is 5.69 Å². The zero-order valence-electron chi connectivity index (χ0n) is 8.85. The van der Waals surface area contributed by atoms with Gasteiger partial charge in [-0.25, -0.2) is 4.68 Å². The average Bonchev–Trinajstić information content (AvgIpc) is 2.74. The first-order valence-electron chi connectivity index (χ1n) is 4.82. The molecular weight excluding hydrogens is 226 g/mol. The molecule has 1 aromatic heterocycles. The Morgan fingerprint density at radius 1 is 1.50 bits per heavy atom. The average molecular weight is 238 g/mol. The van der Waals surface area contributed by atoms with Crippen molar-refractivity contribution in [3.8, 4) is 11.4 Å². The van der Waals surface area contributed by atoms with Crippen LogP contribution in [0.5, 0.6) is 5.75 Å². The van der Waals surface area contributed by atoms with E-state index >= 15 is 0 Å². The molecule has 0 radical (unpaired) electrons. The van der Waals surface area contributed by atoms with Crippen molar-refractivity contribution in [1.29, 1.82) is 0 Å². The Morgan fingerprint density at radius 2 is 2.31 bits per heavy atom. The van der Waals surface area contributed by atoms with Gasteiger partial charge in [0.25, 0.3) is 0 Å². The molecule has 0 saturated carbocycles. The number of benzene rings is 1. The topological polar surface area (TPSA) is 53.1 Å². The van der Waals surface area contributed by atoms with Crippen molar-refractivity contribution in [3.05, 3.63) is 41.2 Å². The minimum atomic E-state index is 0.386. The van der Waals surface area contributed by atoms with Crippen LogP contribution >= 0.6 is 11.6 Å². The molecule has 0 unspecified atom stereocenters. The second-order valence-corrected chi connectivity index (χ2v) is 3.70. The van der Waals surface area contributed by atoms with Gasteiger partial charge in [0.2, 0.25) is 0 Å². The van der Waals surface area contributed by atoms with Gasteiger partial charge >= 0.3 is 0 Å². The smallest absolute Gasteiger partial charge is 0.125 e. The third-order valence-corrected chi connectivity index (χ3v) is 2.53. The van der Waals surface area contributed by atoms with E-state index in [1.54, 1.807) is 24.2 Å². The molecule has 0 spiro atoms. The van der Waals surface area contributed by atoms with Gasteiger partial charge in [0, 0.05) is 18.3 Å². The van der Waals surface area contributed by atoms with Crippen molar-refractivity contribution in [3.63, 3.8) is 0 Å². The Hall–Kier alpha value is -1.52. The molecular formula is C11H12ClN3O. The number of hydrogen-bond acceptors (Lipinski definition) is 3. The highest BCUT2D eigenvalue weighted by Gasteiger charge is 2.09. The molecule has 2 N–H and O–H groups in total. The molecule has 0 aliphatic rings. The van der Waals surface area contributed by atoms with E-state index in [9.17, 15) is 0 Å². The minimum absolute atomic E-state index is 0.386. The maximum absolute atomic E-state index is 5.83. The molecule has 5 heteroatoms. The zero-order valence-corrected chi connectivity index (χ0v) is 9.61. The van der Waals surface area contributed by atoms with Crippen molar-refractivity contribution < 1.29 is 4.74 Å². The Kier molecular flexibility index (Phi) is 3.12. The number of hydrogen-bond donors (Lipinski definition) is 1. The van der Waals surface area contributed by atoms with Crippen LogP contribution in [0.2, 0.25) is 5.02 Å². The first-order valence-corrected chi connectivity index (χ1v) is 5.20. The van der Waals surface area contributed by atoms with Crippen molar-refractivity contribution in [2.75, 3.05) is 7.11 Å². The lowest BCUT2D eigenvalue weighted by Gasteiger charge is -2.11. The van der Waals surface area contributed by atoms with Gasteiger partial charge in [0.1, 0.15) is 5.75 Å². The van der Waals surface area contributed by atoms with Gasteiger partial charge in [-0.05, 0) is 12.1 Å². The van der Waals surface area contributed by atoms with Crippen LogP contribution in [-0.4, -0.2) is 16.9 Å². The summed E-state index contributed by atoms with van der Waals surface area (Å²) in [6.45, 7) is 0.386. The number of ether oxygens (including phenoxy) is 1. The molecule has 0 aliphatic heterocycles. The second-order valence-electron chi connectivity index (χ2n) is 3.27. The predicted octanol–water partition coefficient (Wildman–Crippen LogP) is 1.99. The summed E-state index contributed by atoms with van der Waals surface area (Å²) in [6.07, 6.45) is 3.32. The minimum Gasteiger partial charge on any atom is -0.496 e. The van der Waals surface area contributed by atoms with E-state index in [0.29, 0.717) is 11.6 Å². The fourth-order valence-corrected chi connectivity index (χ4v) is 1.73. The maximum atomic E-state index is 5.83. The first-order chi connectivity index (χ1) is 7.76. The van der Waals surface area contributed by atoms with Gasteiger partial charge in [0.05, 0.1) is 24.0 Å². The Labute approximate surface area is 98.6 Å². The van der Waals surface area contributed by atoms with E-state index in [1.165, 1.54) is 0 Å². The number of aromatic nitrogens is 2. The highest BCUT2D eigenvalue weighted by atomic mass is 35.5. The van der Waals surface area contributed by atoms with Gasteiger partial charge < -0.3 is 10.5 Å². The molecule has 84 valence electrons. The second kappa shape index (κ2) is 4.55. The molecule has 4 nitrogen and oxygen atoms in total. The fraction of sp³-hybridized carbons (Fsp3) is 0.182. The van der Waals surface area contributed by atoms with E-state index < -0.39 is 0 Å². The number of nitrogens with zero attached hydrogens (tertiary/aromatic N) is 2. The Morgan fingerprint density at radius 3 is 2.88 bits per heavy atom. The first kappa shape index (κ1) is 11.0. The lowest BCUT2D eigenvalue weighted by molar-refractivity contribution is 0.409. The van der Waals surface area contributed by atoms with E-state index in [4.69, 9.17) is 22.1 Å². The summed E-state index contributed by atoms with van der Waals surface area (Å²) in [5, 5.41) is 4.73. The normalized spacial score (nSPS) is 10.4. The van der Waals surface area contributed by atoms with E-state index in [0.717, 1.165) is 17.0 Å². The SMILES string of the molecule is COc1cccc(-n2cc(Cl)cn2)c1CN. The molecule has 2 aromatic rings. The third kappa shape index (κ3) is 1.89. The molecule has 0 fully saturated rings. The van der Waals surface area contributed by atoms with Crippen LogP contribution in [0.3, 0.4) is 0 Å². The van der Waals surface area contributed by atoms with E-state index in [-0.39, 0.29) is 0 Å². The van der Waals surface area contributed by atoms with E-state index in [1.807, 2.05) is 18.2 Å². The maximum Gasteiger partial charge on any atom is 0.125 e. The molecule has 0 saturated heterocycles. The summed E-state index contributed by atoms with van der Waals surface area (Å²) in [6, 6.07) is 5.69. The fourth-order valence-electron chi connectivity index (χ4n) is 1.60. The highest BCUT2D eigenvalue weighted by Crippen LogP contribution is 2.25. The van der Waals surface area contributed by atoms with Crippen molar-refractivity contribution >= 4 is 11.6 Å². The largest absolute Gasteiger partial charge is 0.496 e. The van der Waals surface area contributed by atoms with Crippen LogP contribution in [0.15, 0.2) is 30.6 Å². The summed E-state index contributed by atoms with van der Waals surface area (Å²) in [4.78, 5) is 0. The number of nitrogens with two attached hydrogens (primary N) is 1. The van der Waals surface area contributed by atoms with Gasteiger partial charge in [0.15, 0.2) is 0 Å². The predicted molar refractivity (Wildman–Crippen MR) is 63.0 cm³/mol. The van der Waals surface area contributed by atoms with E-state index in [2.05, 4.69) is 5.10 Å². The lowest BCUT2D eigenvalue weighted by Crippen LogP contribution is -2.06. The lowest BCUT2D eigenvalue weighted by atomic mass is 10.1. The van der Waals surface area contributed by atoms with Crippen molar-refractivity contribution in [1.82, 2.24) is 9.78 Å². The molecule has 1 heterocycles. The monoisotopic (exact) mass is 237 g/mol. The van der Waals surface area contributed by atoms with Crippen LogP contribution in [0.1, 0.15) is 5.56 Å². The van der Waals surface area contributed by atoms with Crippen molar-refractivity contribution in [2.45, 2.75) is 6.54 Å². The summed E-state index contributed by atoms with van der Waals surface area (Å²) in [7, 11) is 1.62. The molecule has 0 bridgehead atoms. The third-order valence-electron chi connectivity index (χ3n) is 2.33. The van der Waals surface area contributed by atoms with Gasteiger partial charge in [-0.3, -0.25) is 0 Å². The molecule has 1 aromatic carbocycles. The summed E-state index contributed by atoms with van der Waals surface area (Å²) >= 11 is 5.83. The van der Waals surface area contributed by atoms with Gasteiger partial charge in [-0.15, -0.1) is 0 Å². The van der Waals surface area contributed by atoms with Crippen molar-refractivity contribution in [2.24, 2.45) is 5.73 Å². The zero-order chi connectivity index (χ0) is 11.5. The van der Waals surface area contributed by atoms with Crippen LogP contribution in [-0.2, 0) is 6.54 Å². The Balaban J connectivity index is 2.56. The number of methoxy groups -OCH3 is 1. The number of halogens is 1.